The van der Waals surface area contributed by atoms with Crippen molar-refractivity contribution in [3.05, 3.63) is 101 Å². The van der Waals surface area contributed by atoms with Gasteiger partial charge in [-0.3, -0.25) is 4.79 Å². The van der Waals surface area contributed by atoms with Crippen LogP contribution in [0.2, 0.25) is 0 Å². The zero-order valence-electron chi connectivity index (χ0n) is 15.7. The van der Waals surface area contributed by atoms with Gasteiger partial charge >= 0.3 is 0 Å². The average molecular weight is 390 g/mol. The molecule has 142 valence electrons. The minimum atomic E-state index is -0.119. The predicted molar refractivity (Wildman–Crippen MR) is 118 cm³/mol. The van der Waals surface area contributed by atoms with Crippen LogP contribution < -0.4 is 16.0 Å². The number of rotatable bonds is 6. The normalized spacial score (nSPS) is 10.2. The summed E-state index contributed by atoms with van der Waals surface area (Å²) in [6.45, 7) is 3.20. The van der Waals surface area contributed by atoms with E-state index >= 15 is 0 Å². The number of thiocarbonyl (C=S) groups is 1. The molecule has 0 saturated carbocycles. The Hall–Kier alpha value is -3.18. The molecular formula is C23H23N3OS. The van der Waals surface area contributed by atoms with E-state index in [0.717, 1.165) is 16.8 Å². The van der Waals surface area contributed by atoms with E-state index < -0.39 is 0 Å². The van der Waals surface area contributed by atoms with Gasteiger partial charge in [-0.05, 0) is 48.5 Å². The highest BCUT2D eigenvalue weighted by Gasteiger charge is 2.07. The van der Waals surface area contributed by atoms with Crippen LogP contribution in [0.5, 0.6) is 0 Å². The monoisotopic (exact) mass is 389 g/mol. The smallest absolute Gasteiger partial charge is 0.251 e. The summed E-state index contributed by atoms with van der Waals surface area (Å²) in [5.41, 5.74) is 4.80. The van der Waals surface area contributed by atoms with Crippen molar-refractivity contribution in [2.75, 3.05) is 5.32 Å². The van der Waals surface area contributed by atoms with Crippen LogP contribution in [0.1, 0.15) is 27.0 Å². The number of hydrogen-bond donors (Lipinski definition) is 3. The lowest BCUT2D eigenvalue weighted by Gasteiger charge is -2.12. The van der Waals surface area contributed by atoms with Gasteiger partial charge in [-0.25, -0.2) is 0 Å². The van der Waals surface area contributed by atoms with Crippen molar-refractivity contribution in [1.29, 1.82) is 0 Å². The molecule has 3 rings (SSSR count). The molecule has 3 aromatic rings. The third kappa shape index (κ3) is 5.93. The van der Waals surface area contributed by atoms with Gasteiger partial charge in [0.2, 0.25) is 0 Å². The minimum absolute atomic E-state index is 0.119. The fourth-order valence-electron chi connectivity index (χ4n) is 2.68. The molecule has 3 aromatic carbocycles. The predicted octanol–water partition coefficient (Wildman–Crippen LogP) is 4.41. The van der Waals surface area contributed by atoms with Crippen LogP contribution >= 0.6 is 12.2 Å². The Labute approximate surface area is 171 Å². The van der Waals surface area contributed by atoms with E-state index in [1.807, 2.05) is 42.5 Å². The summed E-state index contributed by atoms with van der Waals surface area (Å²) in [6.07, 6.45) is 0. The molecule has 28 heavy (non-hydrogen) atoms. The number of nitrogens with one attached hydrogen (secondary N) is 3. The van der Waals surface area contributed by atoms with E-state index in [0.29, 0.717) is 23.8 Å². The number of hydrogen-bond acceptors (Lipinski definition) is 2. The zero-order valence-corrected chi connectivity index (χ0v) is 16.6. The highest BCUT2D eigenvalue weighted by Crippen LogP contribution is 2.11. The second-order valence-corrected chi connectivity index (χ2v) is 6.95. The molecule has 0 unspecified atom stereocenters. The van der Waals surface area contributed by atoms with Gasteiger partial charge in [0.15, 0.2) is 5.11 Å². The molecule has 0 aliphatic heterocycles. The zero-order chi connectivity index (χ0) is 19.8. The molecule has 0 aliphatic rings. The second kappa shape index (κ2) is 9.67. The van der Waals surface area contributed by atoms with E-state index in [2.05, 4.69) is 47.1 Å². The summed E-state index contributed by atoms with van der Waals surface area (Å²) in [4.78, 5) is 12.4. The molecule has 0 radical (unpaired) electrons. The Morgan fingerprint density at radius 2 is 1.50 bits per heavy atom. The summed E-state index contributed by atoms with van der Waals surface area (Å²) in [7, 11) is 0. The second-order valence-electron chi connectivity index (χ2n) is 6.54. The van der Waals surface area contributed by atoms with Crippen LogP contribution in [0.4, 0.5) is 5.69 Å². The van der Waals surface area contributed by atoms with Crippen LogP contribution in [0.15, 0.2) is 78.9 Å². The first-order chi connectivity index (χ1) is 13.6. The van der Waals surface area contributed by atoms with Crippen LogP contribution in [0, 0.1) is 6.92 Å². The number of carbonyl (C=O) groups is 1. The molecule has 0 atom stereocenters. The van der Waals surface area contributed by atoms with Gasteiger partial charge in [0.05, 0.1) is 0 Å². The summed E-state index contributed by atoms with van der Waals surface area (Å²) < 4.78 is 0. The molecule has 1 amide bonds. The Bertz CT molecular complexity index is 940. The maximum absolute atomic E-state index is 12.4. The van der Waals surface area contributed by atoms with E-state index in [1.165, 1.54) is 5.56 Å². The molecule has 0 aromatic heterocycles. The Morgan fingerprint density at radius 3 is 2.25 bits per heavy atom. The quantitative estimate of drug-likeness (QED) is 0.547. The Kier molecular flexibility index (Phi) is 6.76. The lowest BCUT2D eigenvalue weighted by Crippen LogP contribution is -2.28. The standard InChI is InChI=1S/C23H23N3OS/c1-17-10-12-19(13-11-17)16-25-23(28)26-21-9-5-8-20(14-21)22(27)24-15-18-6-3-2-4-7-18/h2-14H,15-16H2,1H3,(H,24,27)(H2,25,26,28). The Morgan fingerprint density at radius 1 is 0.821 bits per heavy atom. The first-order valence-corrected chi connectivity index (χ1v) is 9.53. The van der Waals surface area contributed by atoms with Gasteiger partial charge < -0.3 is 16.0 Å². The van der Waals surface area contributed by atoms with Crippen LogP contribution in [-0.2, 0) is 13.1 Å². The highest BCUT2D eigenvalue weighted by molar-refractivity contribution is 7.80. The van der Waals surface area contributed by atoms with Crippen molar-refractivity contribution >= 4 is 28.9 Å². The number of carbonyl (C=O) groups excluding carboxylic acids is 1. The number of benzene rings is 3. The molecule has 5 heteroatoms. The molecule has 0 heterocycles. The third-order valence-corrected chi connectivity index (χ3v) is 4.50. The number of amides is 1. The van der Waals surface area contributed by atoms with Gasteiger partial charge in [-0.15, -0.1) is 0 Å². The van der Waals surface area contributed by atoms with Gasteiger partial charge in [0.1, 0.15) is 0 Å². The highest BCUT2D eigenvalue weighted by atomic mass is 32.1. The molecule has 0 saturated heterocycles. The SMILES string of the molecule is Cc1ccc(CNC(=S)Nc2cccc(C(=O)NCc3ccccc3)c2)cc1. The summed E-state index contributed by atoms with van der Waals surface area (Å²) >= 11 is 5.36. The van der Waals surface area contributed by atoms with Crippen molar-refractivity contribution < 1.29 is 4.79 Å². The summed E-state index contributed by atoms with van der Waals surface area (Å²) in [5.74, 6) is -0.119. The number of aryl methyl sites for hydroxylation is 1. The first kappa shape index (κ1) is 19.6. The van der Waals surface area contributed by atoms with E-state index in [1.54, 1.807) is 12.1 Å². The molecule has 3 N–H and O–H groups in total. The summed E-state index contributed by atoms with van der Waals surface area (Å²) in [6, 6.07) is 25.4. The minimum Gasteiger partial charge on any atom is -0.358 e. The maximum Gasteiger partial charge on any atom is 0.251 e. The van der Waals surface area contributed by atoms with E-state index in [-0.39, 0.29) is 5.91 Å². The first-order valence-electron chi connectivity index (χ1n) is 9.13. The fraction of sp³-hybridized carbons (Fsp3) is 0.130. The van der Waals surface area contributed by atoms with Gasteiger partial charge in [-0.1, -0.05) is 66.2 Å². The maximum atomic E-state index is 12.4. The van der Waals surface area contributed by atoms with Gasteiger partial charge in [0, 0.05) is 24.3 Å². The van der Waals surface area contributed by atoms with Gasteiger partial charge in [-0.2, -0.15) is 0 Å². The fourth-order valence-corrected chi connectivity index (χ4v) is 2.87. The lowest BCUT2D eigenvalue weighted by atomic mass is 10.1. The summed E-state index contributed by atoms with van der Waals surface area (Å²) in [5, 5.41) is 9.76. The average Bonchev–Trinajstić information content (AvgIpc) is 2.72. The van der Waals surface area contributed by atoms with Crippen molar-refractivity contribution in [3.8, 4) is 0 Å². The van der Waals surface area contributed by atoms with Gasteiger partial charge in [0.25, 0.3) is 5.91 Å². The van der Waals surface area contributed by atoms with Crippen molar-refractivity contribution in [2.24, 2.45) is 0 Å². The lowest BCUT2D eigenvalue weighted by molar-refractivity contribution is 0.0951. The third-order valence-electron chi connectivity index (χ3n) is 4.25. The van der Waals surface area contributed by atoms with Crippen molar-refractivity contribution in [1.82, 2.24) is 10.6 Å². The number of anilines is 1. The van der Waals surface area contributed by atoms with E-state index in [9.17, 15) is 4.79 Å². The Balaban J connectivity index is 1.52. The van der Waals surface area contributed by atoms with E-state index in [4.69, 9.17) is 12.2 Å². The largest absolute Gasteiger partial charge is 0.358 e. The van der Waals surface area contributed by atoms with Crippen molar-refractivity contribution in [2.45, 2.75) is 20.0 Å². The molecule has 0 aliphatic carbocycles. The van der Waals surface area contributed by atoms with Crippen molar-refractivity contribution in [3.63, 3.8) is 0 Å². The topological polar surface area (TPSA) is 53.2 Å². The van der Waals surface area contributed by atoms with Crippen LogP contribution in [-0.4, -0.2) is 11.0 Å². The molecular weight excluding hydrogens is 366 g/mol. The molecule has 0 bridgehead atoms. The molecule has 0 fully saturated rings. The van der Waals surface area contributed by atoms with Crippen LogP contribution in [0.3, 0.4) is 0 Å². The molecule has 0 spiro atoms. The van der Waals surface area contributed by atoms with Crippen LogP contribution in [0.25, 0.3) is 0 Å². The molecule has 4 nitrogen and oxygen atoms in total.